The number of hydrogen-bond donors (Lipinski definition) is 3. The van der Waals surface area contributed by atoms with Crippen molar-refractivity contribution in [2.24, 2.45) is 4.99 Å². The molecule has 0 bridgehead atoms. The zero-order valence-corrected chi connectivity index (χ0v) is 12.2. The summed E-state index contributed by atoms with van der Waals surface area (Å²) in [5.41, 5.74) is 2.61. The largest absolute Gasteiger partial charge is 0.474 e. The Morgan fingerprint density at radius 2 is 2.05 bits per heavy atom. The fraction of sp³-hybridized carbons (Fsp3) is 0.143. The topological polar surface area (TPSA) is 108 Å². The first-order valence-corrected chi connectivity index (χ1v) is 7.19. The van der Waals surface area contributed by atoms with E-state index in [0.29, 0.717) is 5.69 Å². The van der Waals surface area contributed by atoms with Crippen LogP contribution in [0, 0.1) is 0 Å². The second-order valence-electron chi connectivity index (χ2n) is 4.77. The molecule has 1 aliphatic carbocycles. The molecule has 8 heteroatoms. The number of carboxylic acids is 1. The molecule has 112 valence electrons. The molecule has 1 unspecified atom stereocenters. The lowest BCUT2D eigenvalue weighted by Crippen LogP contribution is -2.33. The number of amidine groups is 1. The number of amides is 2. The van der Waals surface area contributed by atoms with Crippen molar-refractivity contribution in [3.8, 4) is 0 Å². The van der Waals surface area contributed by atoms with Crippen LogP contribution < -0.4 is 10.6 Å². The molecule has 1 heterocycles. The number of aliphatic carboxylic acids is 1. The molecule has 3 rings (SSSR count). The van der Waals surface area contributed by atoms with E-state index in [2.05, 4.69) is 15.6 Å². The Morgan fingerprint density at radius 3 is 2.73 bits per heavy atom. The number of carboxylic acid groups (broad SMARTS) is 1. The molecular formula is C14H11N3O4S. The minimum absolute atomic E-state index is 0.142. The highest BCUT2D eigenvalue weighted by atomic mass is 32.2. The number of nitrogens with zero attached hydrogens (tertiary/aromatic N) is 1. The van der Waals surface area contributed by atoms with Gasteiger partial charge in [-0.25, -0.2) is 9.79 Å². The van der Waals surface area contributed by atoms with Gasteiger partial charge >= 0.3 is 11.9 Å². The Hall–Kier alpha value is -2.61. The Morgan fingerprint density at radius 1 is 1.27 bits per heavy atom. The van der Waals surface area contributed by atoms with E-state index in [9.17, 15) is 14.4 Å². The SMILES string of the molecule is CC(=O)Nc1ccc2c(c1)C=C1SC(NC(=O)C(=O)O)=NC12. The molecule has 0 spiro atoms. The quantitative estimate of drug-likeness (QED) is 0.678. The number of carbonyl (C=O) groups excluding carboxylic acids is 2. The normalized spacial score (nSPS) is 18.0. The number of anilines is 1. The van der Waals surface area contributed by atoms with Crippen LogP contribution >= 0.6 is 11.8 Å². The van der Waals surface area contributed by atoms with Crippen LogP contribution in [-0.4, -0.2) is 28.1 Å². The Balaban J connectivity index is 1.81. The summed E-state index contributed by atoms with van der Waals surface area (Å²) in [6.45, 7) is 1.44. The summed E-state index contributed by atoms with van der Waals surface area (Å²) in [5, 5.41) is 13.8. The molecule has 1 aromatic carbocycles. The van der Waals surface area contributed by atoms with Gasteiger partial charge in [0.2, 0.25) is 5.91 Å². The van der Waals surface area contributed by atoms with E-state index in [1.54, 1.807) is 6.07 Å². The molecule has 7 nitrogen and oxygen atoms in total. The minimum atomic E-state index is -1.55. The fourth-order valence-electron chi connectivity index (χ4n) is 2.30. The maximum Gasteiger partial charge on any atom is 0.394 e. The highest BCUT2D eigenvalue weighted by Gasteiger charge is 2.33. The molecule has 0 saturated heterocycles. The van der Waals surface area contributed by atoms with Crippen molar-refractivity contribution in [2.45, 2.75) is 13.0 Å². The van der Waals surface area contributed by atoms with E-state index < -0.39 is 11.9 Å². The number of rotatable bonds is 1. The van der Waals surface area contributed by atoms with Gasteiger partial charge in [0.1, 0.15) is 6.04 Å². The molecule has 0 saturated carbocycles. The van der Waals surface area contributed by atoms with Crippen LogP contribution in [0.5, 0.6) is 0 Å². The number of aliphatic imine (C=N–C) groups is 1. The summed E-state index contributed by atoms with van der Waals surface area (Å²) in [7, 11) is 0. The van der Waals surface area contributed by atoms with E-state index in [1.807, 2.05) is 18.2 Å². The summed E-state index contributed by atoms with van der Waals surface area (Å²) in [4.78, 5) is 38.0. The van der Waals surface area contributed by atoms with Gasteiger partial charge in [-0.2, -0.15) is 0 Å². The molecule has 3 N–H and O–H groups in total. The Bertz CT molecular complexity index is 769. The molecule has 0 radical (unpaired) electrons. The Labute approximate surface area is 129 Å². The summed E-state index contributed by atoms with van der Waals surface area (Å²) < 4.78 is 0. The van der Waals surface area contributed by atoms with Gasteiger partial charge in [0, 0.05) is 17.5 Å². The molecule has 1 atom stereocenters. The van der Waals surface area contributed by atoms with E-state index >= 15 is 0 Å². The molecule has 2 aliphatic rings. The Kier molecular flexibility index (Phi) is 3.45. The number of thioether (sulfide) groups is 1. The van der Waals surface area contributed by atoms with Crippen molar-refractivity contribution in [3.63, 3.8) is 0 Å². The van der Waals surface area contributed by atoms with Crippen LogP contribution in [0.2, 0.25) is 0 Å². The summed E-state index contributed by atoms with van der Waals surface area (Å²) in [6, 6.07) is 5.27. The van der Waals surface area contributed by atoms with Crippen LogP contribution in [0.3, 0.4) is 0 Å². The molecule has 0 aromatic heterocycles. The predicted octanol–water partition coefficient (Wildman–Crippen LogP) is 1.34. The van der Waals surface area contributed by atoms with Crippen molar-refractivity contribution in [1.29, 1.82) is 0 Å². The van der Waals surface area contributed by atoms with Crippen LogP contribution in [0.15, 0.2) is 28.1 Å². The van der Waals surface area contributed by atoms with E-state index in [0.717, 1.165) is 16.0 Å². The van der Waals surface area contributed by atoms with Gasteiger partial charge in [-0.3, -0.25) is 14.9 Å². The lowest BCUT2D eigenvalue weighted by atomic mass is 10.1. The van der Waals surface area contributed by atoms with Gasteiger partial charge in [-0.15, -0.1) is 0 Å². The van der Waals surface area contributed by atoms with Gasteiger partial charge in [-0.1, -0.05) is 17.8 Å². The van der Waals surface area contributed by atoms with Gasteiger partial charge < -0.3 is 10.4 Å². The summed E-state index contributed by atoms with van der Waals surface area (Å²) >= 11 is 1.23. The van der Waals surface area contributed by atoms with E-state index in [4.69, 9.17) is 5.11 Å². The molecule has 1 aliphatic heterocycles. The second kappa shape index (κ2) is 5.30. The molecule has 22 heavy (non-hydrogen) atoms. The average molecular weight is 317 g/mol. The highest BCUT2D eigenvalue weighted by molar-refractivity contribution is 8.17. The van der Waals surface area contributed by atoms with Gasteiger partial charge in [0.05, 0.1) is 0 Å². The summed E-state index contributed by atoms with van der Waals surface area (Å²) in [6.07, 6.45) is 1.92. The lowest BCUT2D eigenvalue weighted by Gasteiger charge is -2.07. The van der Waals surface area contributed by atoms with Gasteiger partial charge in [0.15, 0.2) is 5.17 Å². The number of carbonyl (C=O) groups is 3. The smallest absolute Gasteiger partial charge is 0.394 e. The first kappa shape index (κ1) is 14.3. The highest BCUT2D eigenvalue weighted by Crippen LogP contribution is 2.48. The van der Waals surface area contributed by atoms with Crippen LogP contribution in [0.25, 0.3) is 6.08 Å². The molecule has 1 aromatic rings. The third-order valence-corrected chi connectivity index (χ3v) is 4.12. The van der Waals surface area contributed by atoms with Gasteiger partial charge in [-0.05, 0) is 29.3 Å². The standard InChI is InChI=1S/C14H11N3O4S/c1-6(18)15-8-2-3-9-7(4-8)5-10-11(9)16-14(22-10)17-12(19)13(20)21/h2-5,11H,1H3,(H,15,18)(H,20,21)(H,16,17,19). The van der Waals surface area contributed by atoms with Crippen molar-refractivity contribution >= 4 is 46.5 Å². The monoisotopic (exact) mass is 317 g/mol. The molecular weight excluding hydrogens is 306 g/mol. The number of nitrogens with one attached hydrogen (secondary N) is 2. The number of hydrogen-bond acceptors (Lipinski definition) is 5. The molecule has 2 amide bonds. The van der Waals surface area contributed by atoms with Crippen LogP contribution in [0.1, 0.15) is 24.1 Å². The number of fused-ring (bicyclic) bond motifs is 3. The second-order valence-corrected chi connectivity index (χ2v) is 5.83. The first-order valence-electron chi connectivity index (χ1n) is 6.37. The van der Waals surface area contributed by atoms with Gasteiger partial charge in [0.25, 0.3) is 0 Å². The maximum atomic E-state index is 11.1. The first-order chi connectivity index (χ1) is 10.4. The summed E-state index contributed by atoms with van der Waals surface area (Å²) in [5.74, 6) is -2.79. The zero-order chi connectivity index (χ0) is 15.9. The maximum absolute atomic E-state index is 11.1. The third kappa shape index (κ3) is 2.60. The van der Waals surface area contributed by atoms with E-state index in [-0.39, 0.29) is 17.1 Å². The van der Waals surface area contributed by atoms with Crippen LogP contribution in [-0.2, 0) is 14.4 Å². The zero-order valence-electron chi connectivity index (χ0n) is 11.4. The third-order valence-electron chi connectivity index (χ3n) is 3.14. The van der Waals surface area contributed by atoms with Crippen molar-refractivity contribution < 1.29 is 19.5 Å². The lowest BCUT2D eigenvalue weighted by molar-refractivity contribution is -0.149. The molecule has 0 fully saturated rings. The minimum Gasteiger partial charge on any atom is -0.474 e. The average Bonchev–Trinajstić information content (AvgIpc) is 2.94. The van der Waals surface area contributed by atoms with E-state index in [1.165, 1.54) is 18.7 Å². The van der Waals surface area contributed by atoms with Crippen molar-refractivity contribution in [1.82, 2.24) is 5.32 Å². The fourth-order valence-corrected chi connectivity index (χ4v) is 3.30. The van der Waals surface area contributed by atoms with Crippen molar-refractivity contribution in [2.75, 3.05) is 5.32 Å². The van der Waals surface area contributed by atoms with Crippen molar-refractivity contribution in [3.05, 3.63) is 34.2 Å². The number of benzene rings is 1. The van der Waals surface area contributed by atoms with Crippen LogP contribution in [0.4, 0.5) is 5.69 Å². The predicted molar refractivity (Wildman–Crippen MR) is 82.3 cm³/mol.